The van der Waals surface area contributed by atoms with E-state index in [9.17, 15) is 4.79 Å². The van der Waals surface area contributed by atoms with Gasteiger partial charge in [-0.05, 0) is 31.6 Å². The summed E-state index contributed by atoms with van der Waals surface area (Å²) in [7, 11) is 0. The van der Waals surface area contributed by atoms with Gasteiger partial charge >= 0.3 is 0 Å². The Morgan fingerprint density at radius 1 is 1.69 bits per heavy atom. The van der Waals surface area contributed by atoms with Crippen molar-refractivity contribution in [3.63, 3.8) is 0 Å². The molecule has 1 aliphatic heterocycles. The lowest BCUT2D eigenvalue weighted by molar-refractivity contribution is -0.126. The predicted molar refractivity (Wildman–Crippen MR) is 47.6 cm³/mol. The summed E-state index contributed by atoms with van der Waals surface area (Å²) in [5.74, 6) is 0.318. The monoisotopic (exact) mass is 178 g/mol. The maximum absolute atomic E-state index is 11.6. The molecule has 3 nitrogen and oxygen atoms in total. The van der Waals surface area contributed by atoms with Gasteiger partial charge in [0.15, 0.2) is 0 Å². The molecule has 2 aliphatic rings. The van der Waals surface area contributed by atoms with Gasteiger partial charge in [0.1, 0.15) is 5.41 Å². The van der Waals surface area contributed by atoms with Gasteiger partial charge in [-0.2, -0.15) is 5.26 Å². The van der Waals surface area contributed by atoms with Gasteiger partial charge in [0.2, 0.25) is 5.91 Å². The van der Waals surface area contributed by atoms with Crippen LogP contribution < -0.4 is 5.32 Å². The van der Waals surface area contributed by atoms with E-state index in [0.29, 0.717) is 5.92 Å². The Bertz CT molecular complexity index is 277. The zero-order chi connectivity index (χ0) is 9.47. The summed E-state index contributed by atoms with van der Waals surface area (Å²) in [5.41, 5.74) is -0.666. The molecule has 0 bridgehead atoms. The number of rotatable bonds is 2. The van der Waals surface area contributed by atoms with Gasteiger partial charge < -0.3 is 5.32 Å². The van der Waals surface area contributed by atoms with Crippen LogP contribution >= 0.6 is 0 Å². The fourth-order valence-corrected chi connectivity index (χ4v) is 2.21. The van der Waals surface area contributed by atoms with E-state index in [-0.39, 0.29) is 11.9 Å². The quantitative estimate of drug-likeness (QED) is 0.690. The first kappa shape index (κ1) is 8.55. The van der Waals surface area contributed by atoms with Crippen LogP contribution in [-0.2, 0) is 4.79 Å². The largest absolute Gasteiger partial charge is 0.352 e. The molecule has 2 atom stereocenters. The van der Waals surface area contributed by atoms with Gasteiger partial charge in [0.05, 0.1) is 6.07 Å². The van der Waals surface area contributed by atoms with E-state index in [4.69, 9.17) is 5.26 Å². The molecule has 1 aliphatic carbocycles. The highest BCUT2D eigenvalue weighted by molar-refractivity contribution is 5.88. The van der Waals surface area contributed by atoms with E-state index in [1.54, 1.807) is 0 Å². The lowest BCUT2D eigenvalue weighted by atomic mass is 9.81. The summed E-state index contributed by atoms with van der Waals surface area (Å²) in [6.07, 6.45) is 3.76. The highest BCUT2D eigenvalue weighted by Gasteiger charge is 2.56. The molecule has 1 saturated heterocycles. The Morgan fingerprint density at radius 2 is 2.38 bits per heavy atom. The summed E-state index contributed by atoms with van der Waals surface area (Å²) in [4.78, 5) is 11.6. The van der Waals surface area contributed by atoms with Crippen LogP contribution in [0.2, 0.25) is 0 Å². The standard InChI is InChI=1S/C10H14N2O/c1-2-8-5-10(6-11,7-3-4-7)9(13)12-8/h7-8H,2-5H2,1H3,(H,12,13)/t8-,10-/m0/s1. The molecule has 0 unspecified atom stereocenters. The lowest BCUT2D eigenvalue weighted by Crippen LogP contribution is -2.32. The molecule has 0 aromatic carbocycles. The van der Waals surface area contributed by atoms with Crippen LogP contribution in [-0.4, -0.2) is 11.9 Å². The van der Waals surface area contributed by atoms with E-state index in [1.165, 1.54) is 0 Å². The summed E-state index contributed by atoms with van der Waals surface area (Å²) in [5, 5.41) is 12.0. The van der Waals surface area contributed by atoms with Crippen molar-refractivity contribution in [2.45, 2.75) is 38.6 Å². The molecule has 0 aromatic heterocycles. The van der Waals surface area contributed by atoms with Crippen LogP contribution in [0.5, 0.6) is 0 Å². The van der Waals surface area contributed by atoms with Gasteiger partial charge in [-0.1, -0.05) is 6.92 Å². The molecule has 2 rings (SSSR count). The Hall–Kier alpha value is -1.04. The van der Waals surface area contributed by atoms with Crippen LogP contribution in [0.15, 0.2) is 0 Å². The molecule has 70 valence electrons. The first-order valence-electron chi connectivity index (χ1n) is 4.95. The van der Waals surface area contributed by atoms with E-state index in [0.717, 1.165) is 25.7 Å². The van der Waals surface area contributed by atoms with Crippen LogP contribution in [0, 0.1) is 22.7 Å². The highest BCUT2D eigenvalue weighted by atomic mass is 16.2. The highest BCUT2D eigenvalue weighted by Crippen LogP contribution is 2.50. The van der Waals surface area contributed by atoms with E-state index >= 15 is 0 Å². The second-order valence-electron chi connectivity index (χ2n) is 4.14. The first-order valence-corrected chi connectivity index (χ1v) is 4.95. The average Bonchev–Trinajstić information content (AvgIpc) is 2.92. The van der Waals surface area contributed by atoms with Gasteiger partial charge in [-0.25, -0.2) is 0 Å². The molecule has 0 radical (unpaired) electrons. The number of nitrogens with one attached hydrogen (secondary N) is 1. The minimum Gasteiger partial charge on any atom is -0.352 e. The minimum absolute atomic E-state index is 0.0237. The average molecular weight is 178 g/mol. The Balaban J connectivity index is 2.21. The van der Waals surface area contributed by atoms with Crippen LogP contribution in [0.25, 0.3) is 0 Å². The molecule has 1 amide bonds. The zero-order valence-electron chi connectivity index (χ0n) is 7.84. The number of nitriles is 1. The number of nitrogens with zero attached hydrogens (tertiary/aromatic N) is 1. The summed E-state index contributed by atoms with van der Waals surface area (Å²) in [6.45, 7) is 2.05. The number of carbonyl (C=O) groups is 1. The Labute approximate surface area is 78.1 Å². The number of hydrogen-bond acceptors (Lipinski definition) is 2. The third kappa shape index (κ3) is 1.13. The molecule has 0 aromatic rings. The second-order valence-corrected chi connectivity index (χ2v) is 4.14. The molecule has 2 fully saturated rings. The molecule has 13 heavy (non-hydrogen) atoms. The summed E-state index contributed by atoms with van der Waals surface area (Å²) < 4.78 is 0. The van der Waals surface area contributed by atoms with Gasteiger partial charge in [0.25, 0.3) is 0 Å². The Morgan fingerprint density at radius 3 is 2.77 bits per heavy atom. The van der Waals surface area contributed by atoms with Crippen LogP contribution in [0.3, 0.4) is 0 Å². The smallest absolute Gasteiger partial charge is 0.241 e. The normalized spacial score (nSPS) is 38.5. The third-order valence-corrected chi connectivity index (χ3v) is 3.28. The summed E-state index contributed by atoms with van der Waals surface area (Å²) >= 11 is 0. The van der Waals surface area contributed by atoms with Crippen molar-refractivity contribution in [2.75, 3.05) is 0 Å². The van der Waals surface area contributed by atoms with E-state index in [2.05, 4.69) is 11.4 Å². The number of carbonyl (C=O) groups excluding carboxylic acids is 1. The third-order valence-electron chi connectivity index (χ3n) is 3.28. The molecule has 1 saturated carbocycles. The summed E-state index contributed by atoms with van der Waals surface area (Å²) in [6, 6.07) is 2.47. The maximum atomic E-state index is 11.6. The molecule has 1 heterocycles. The van der Waals surface area contributed by atoms with Crippen molar-refractivity contribution in [3.05, 3.63) is 0 Å². The van der Waals surface area contributed by atoms with Gasteiger partial charge in [-0.3, -0.25) is 4.79 Å². The number of hydrogen-bond donors (Lipinski definition) is 1. The molecule has 0 spiro atoms. The van der Waals surface area contributed by atoms with Crippen molar-refractivity contribution < 1.29 is 4.79 Å². The van der Waals surface area contributed by atoms with Gasteiger partial charge in [0, 0.05) is 6.04 Å². The Kier molecular flexibility index (Phi) is 1.80. The number of amides is 1. The SMILES string of the molecule is CC[C@H]1C[C@](C#N)(C2CC2)C(=O)N1. The van der Waals surface area contributed by atoms with Crippen LogP contribution in [0.4, 0.5) is 0 Å². The minimum atomic E-state index is -0.666. The predicted octanol–water partition coefficient (Wildman–Crippen LogP) is 1.20. The molecule has 3 heteroatoms. The van der Waals surface area contributed by atoms with Crippen molar-refractivity contribution >= 4 is 5.91 Å². The van der Waals surface area contributed by atoms with Crippen molar-refractivity contribution in [1.29, 1.82) is 5.26 Å². The van der Waals surface area contributed by atoms with Crippen molar-refractivity contribution in [2.24, 2.45) is 11.3 Å². The van der Waals surface area contributed by atoms with E-state index < -0.39 is 5.41 Å². The lowest BCUT2D eigenvalue weighted by Gasteiger charge is -2.15. The fourth-order valence-electron chi connectivity index (χ4n) is 2.21. The van der Waals surface area contributed by atoms with Gasteiger partial charge in [-0.15, -0.1) is 0 Å². The van der Waals surface area contributed by atoms with Crippen molar-refractivity contribution in [3.8, 4) is 6.07 Å². The van der Waals surface area contributed by atoms with E-state index in [1.807, 2.05) is 6.92 Å². The second kappa shape index (κ2) is 2.73. The zero-order valence-corrected chi connectivity index (χ0v) is 7.84. The molecule has 1 N–H and O–H groups in total. The molecular weight excluding hydrogens is 164 g/mol. The first-order chi connectivity index (χ1) is 6.23. The maximum Gasteiger partial charge on any atom is 0.241 e. The molecular formula is C10H14N2O. The topological polar surface area (TPSA) is 52.9 Å². The van der Waals surface area contributed by atoms with Crippen LogP contribution in [0.1, 0.15) is 32.6 Å². The van der Waals surface area contributed by atoms with Crippen molar-refractivity contribution in [1.82, 2.24) is 5.32 Å². The fraction of sp³-hybridized carbons (Fsp3) is 0.800.